The number of rotatable bonds is 0. The topological polar surface area (TPSA) is 0 Å². The van der Waals surface area contributed by atoms with Gasteiger partial charge < -0.3 is 0 Å². The summed E-state index contributed by atoms with van der Waals surface area (Å²) in [6.07, 6.45) is 6.90. The van der Waals surface area contributed by atoms with Crippen LogP contribution in [0.25, 0.3) is 16.8 Å². The molecule has 0 heteroatoms. The number of hydrogen-bond donors (Lipinski definition) is 0. The number of fused-ring (bicyclic) bond motifs is 3. The highest BCUT2D eigenvalue weighted by Crippen LogP contribution is 2.30. The number of hydrogen-bond acceptors (Lipinski definition) is 0. The molecule has 2 aromatic carbocycles. The van der Waals surface area contributed by atoms with Crippen molar-refractivity contribution in [2.75, 3.05) is 0 Å². The van der Waals surface area contributed by atoms with Crippen LogP contribution < -0.4 is 0 Å². The van der Waals surface area contributed by atoms with Gasteiger partial charge in [0.25, 0.3) is 0 Å². The average molecular weight is 194 g/mol. The van der Waals surface area contributed by atoms with E-state index in [2.05, 4.69) is 49.4 Å². The molecule has 2 aromatic rings. The summed E-state index contributed by atoms with van der Waals surface area (Å²) in [5.74, 6) is 0. The molecule has 0 aliphatic heterocycles. The molecule has 0 radical (unpaired) electrons. The van der Waals surface area contributed by atoms with Crippen LogP contribution >= 0.6 is 0 Å². The van der Waals surface area contributed by atoms with E-state index in [0.717, 1.165) is 0 Å². The fraction of sp³-hybridized carbons (Fsp3) is 0.200. The van der Waals surface area contributed by atoms with E-state index in [4.69, 9.17) is 0 Å². The van der Waals surface area contributed by atoms with Crippen LogP contribution in [0.2, 0.25) is 0 Å². The van der Waals surface area contributed by atoms with Gasteiger partial charge in [-0.1, -0.05) is 42.5 Å². The van der Waals surface area contributed by atoms with E-state index in [1.54, 1.807) is 0 Å². The smallest absolute Gasteiger partial charge is 0.0143 e. The molecule has 0 saturated carbocycles. The van der Waals surface area contributed by atoms with E-state index in [9.17, 15) is 0 Å². The van der Waals surface area contributed by atoms with Gasteiger partial charge in [-0.25, -0.2) is 0 Å². The summed E-state index contributed by atoms with van der Waals surface area (Å²) in [7, 11) is 0. The summed E-state index contributed by atoms with van der Waals surface area (Å²) in [6.45, 7) is 2.20. The molecule has 0 heterocycles. The molecule has 74 valence electrons. The Morgan fingerprint density at radius 3 is 2.73 bits per heavy atom. The Morgan fingerprint density at radius 2 is 1.87 bits per heavy atom. The van der Waals surface area contributed by atoms with Crippen LogP contribution in [-0.4, -0.2) is 0 Å². The lowest BCUT2D eigenvalue weighted by molar-refractivity contribution is 0.996. The van der Waals surface area contributed by atoms with Gasteiger partial charge in [-0.15, -0.1) is 0 Å². The molecule has 0 unspecified atom stereocenters. The van der Waals surface area contributed by atoms with Crippen molar-refractivity contribution < 1.29 is 0 Å². The molecule has 0 aromatic heterocycles. The van der Waals surface area contributed by atoms with E-state index in [1.807, 2.05) is 0 Å². The van der Waals surface area contributed by atoms with Crippen molar-refractivity contribution >= 4 is 16.8 Å². The number of benzene rings is 2. The molecule has 0 N–H and O–H groups in total. The Bertz CT molecular complexity index is 547. The third kappa shape index (κ3) is 1.29. The molecule has 1 aliphatic carbocycles. The van der Waals surface area contributed by atoms with Crippen LogP contribution in [0.1, 0.15) is 23.1 Å². The van der Waals surface area contributed by atoms with Crippen molar-refractivity contribution in [3.8, 4) is 0 Å². The van der Waals surface area contributed by atoms with Gasteiger partial charge in [0.05, 0.1) is 0 Å². The van der Waals surface area contributed by atoms with E-state index >= 15 is 0 Å². The molecule has 0 saturated heterocycles. The van der Waals surface area contributed by atoms with E-state index in [0.29, 0.717) is 0 Å². The maximum Gasteiger partial charge on any atom is -0.0143 e. The fourth-order valence-corrected chi connectivity index (χ4v) is 2.51. The van der Waals surface area contributed by atoms with Crippen molar-refractivity contribution in [2.45, 2.75) is 19.8 Å². The van der Waals surface area contributed by atoms with Crippen LogP contribution in [0, 0.1) is 6.92 Å². The van der Waals surface area contributed by atoms with Gasteiger partial charge in [-0.3, -0.25) is 0 Å². The van der Waals surface area contributed by atoms with Crippen molar-refractivity contribution in [3.63, 3.8) is 0 Å². The fourth-order valence-electron chi connectivity index (χ4n) is 2.51. The molecule has 0 fully saturated rings. The first kappa shape index (κ1) is 8.72. The monoisotopic (exact) mass is 194 g/mol. The first-order chi connectivity index (χ1) is 7.36. The first-order valence-corrected chi connectivity index (χ1v) is 5.54. The summed E-state index contributed by atoms with van der Waals surface area (Å²) < 4.78 is 0. The quantitative estimate of drug-likeness (QED) is 0.592. The second-order valence-corrected chi connectivity index (χ2v) is 4.25. The second-order valence-electron chi connectivity index (χ2n) is 4.25. The predicted molar refractivity (Wildman–Crippen MR) is 66.0 cm³/mol. The number of allylic oxidation sites excluding steroid dienone is 1. The van der Waals surface area contributed by atoms with Crippen LogP contribution in [0.3, 0.4) is 0 Å². The molecule has 1 aliphatic rings. The van der Waals surface area contributed by atoms with Crippen molar-refractivity contribution in [3.05, 3.63) is 53.1 Å². The van der Waals surface area contributed by atoms with Gasteiger partial charge >= 0.3 is 0 Å². The van der Waals surface area contributed by atoms with Crippen molar-refractivity contribution in [1.82, 2.24) is 0 Å². The van der Waals surface area contributed by atoms with Gasteiger partial charge in [0.2, 0.25) is 0 Å². The molecule has 0 nitrogen and oxygen atoms in total. The predicted octanol–water partition coefficient (Wildman–Crippen LogP) is 4.11. The lowest BCUT2D eigenvalue weighted by Crippen LogP contribution is -1.96. The summed E-state index contributed by atoms with van der Waals surface area (Å²) >= 11 is 0. The summed E-state index contributed by atoms with van der Waals surface area (Å²) in [5.41, 5.74) is 4.33. The zero-order chi connectivity index (χ0) is 10.3. The van der Waals surface area contributed by atoms with E-state index < -0.39 is 0 Å². The second kappa shape index (κ2) is 3.23. The van der Waals surface area contributed by atoms with Gasteiger partial charge in [0.1, 0.15) is 0 Å². The minimum Gasteiger partial charge on any atom is -0.0836 e. The zero-order valence-electron chi connectivity index (χ0n) is 8.96. The normalized spacial score (nSPS) is 14.2. The third-order valence-corrected chi connectivity index (χ3v) is 3.26. The van der Waals surface area contributed by atoms with Gasteiger partial charge in [-0.2, -0.15) is 0 Å². The van der Waals surface area contributed by atoms with Gasteiger partial charge in [0.15, 0.2) is 0 Å². The molecule has 15 heavy (non-hydrogen) atoms. The largest absolute Gasteiger partial charge is 0.0836 e. The van der Waals surface area contributed by atoms with Crippen molar-refractivity contribution in [1.29, 1.82) is 0 Å². The molecular formula is C15H14. The molecule has 3 rings (SSSR count). The summed E-state index contributed by atoms with van der Waals surface area (Å²) in [6, 6.07) is 11.1. The standard InChI is InChI=1S/C15H14/c1-11-10-12-6-2-3-8-14(12)15-9-5-4-7-13(11)15/h2,4-7,9-10H,3,8H2,1H3. The lowest BCUT2D eigenvalue weighted by Gasteiger charge is -2.15. The van der Waals surface area contributed by atoms with Crippen LogP contribution in [0.5, 0.6) is 0 Å². The van der Waals surface area contributed by atoms with Gasteiger partial charge in [0, 0.05) is 0 Å². The Labute approximate surface area is 90.2 Å². The highest BCUT2D eigenvalue weighted by molar-refractivity contribution is 5.91. The van der Waals surface area contributed by atoms with Crippen LogP contribution in [0.4, 0.5) is 0 Å². The van der Waals surface area contributed by atoms with E-state index in [1.165, 1.54) is 40.3 Å². The summed E-state index contributed by atoms with van der Waals surface area (Å²) in [5, 5.41) is 2.85. The van der Waals surface area contributed by atoms with E-state index in [-0.39, 0.29) is 0 Å². The Kier molecular flexibility index (Phi) is 1.88. The molecular weight excluding hydrogens is 180 g/mol. The average Bonchev–Trinajstić information content (AvgIpc) is 2.30. The Hall–Kier alpha value is -1.56. The highest BCUT2D eigenvalue weighted by Gasteiger charge is 2.09. The molecule has 0 spiro atoms. The maximum atomic E-state index is 2.31. The van der Waals surface area contributed by atoms with Crippen LogP contribution in [-0.2, 0) is 6.42 Å². The molecule has 0 bridgehead atoms. The van der Waals surface area contributed by atoms with Crippen molar-refractivity contribution in [2.24, 2.45) is 0 Å². The van der Waals surface area contributed by atoms with Gasteiger partial charge in [-0.05, 0) is 47.2 Å². The minimum absolute atomic E-state index is 1.18. The number of aryl methyl sites for hydroxylation is 2. The highest BCUT2D eigenvalue weighted by atomic mass is 14.1. The zero-order valence-corrected chi connectivity index (χ0v) is 8.96. The Morgan fingerprint density at radius 1 is 1.07 bits per heavy atom. The third-order valence-electron chi connectivity index (χ3n) is 3.26. The minimum atomic E-state index is 1.18. The molecule has 0 atom stereocenters. The molecule has 0 amide bonds. The first-order valence-electron chi connectivity index (χ1n) is 5.54. The maximum absolute atomic E-state index is 2.31. The summed E-state index contributed by atoms with van der Waals surface area (Å²) in [4.78, 5) is 0. The van der Waals surface area contributed by atoms with Crippen LogP contribution in [0.15, 0.2) is 36.4 Å². The Balaban J connectivity index is 2.45. The SMILES string of the molecule is Cc1cc2c(c3ccccc13)CCC=C2. The lowest BCUT2D eigenvalue weighted by atomic mass is 9.89.